The highest BCUT2D eigenvalue weighted by Gasteiger charge is 2.19. The summed E-state index contributed by atoms with van der Waals surface area (Å²) in [6.45, 7) is 4.37. The SMILES string of the molecule is CCOc1cccc2cc([C@H](C)NC(=O)c3ccc4c(c3)CCCC(=O)N4)oc12. The van der Waals surface area contributed by atoms with Crippen LogP contribution in [0, 0.1) is 0 Å². The van der Waals surface area contributed by atoms with Gasteiger partial charge >= 0.3 is 0 Å². The molecule has 0 saturated carbocycles. The van der Waals surface area contributed by atoms with Crippen LogP contribution in [0.25, 0.3) is 11.0 Å². The van der Waals surface area contributed by atoms with E-state index in [9.17, 15) is 9.59 Å². The second-order valence-electron chi connectivity index (χ2n) is 7.23. The molecule has 1 aromatic heterocycles. The Kier molecular flexibility index (Phi) is 5.25. The summed E-state index contributed by atoms with van der Waals surface area (Å²) < 4.78 is 11.6. The quantitative estimate of drug-likeness (QED) is 0.665. The molecule has 0 saturated heterocycles. The molecule has 1 aliphatic heterocycles. The predicted octanol–water partition coefficient (Wildman–Crippen LogP) is 4.60. The van der Waals surface area contributed by atoms with Crippen LogP contribution in [0.3, 0.4) is 0 Å². The van der Waals surface area contributed by atoms with Crippen LogP contribution < -0.4 is 15.4 Å². The third kappa shape index (κ3) is 3.97. The Morgan fingerprint density at radius 1 is 1.24 bits per heavy atom. The number of hydrogen-bond donors (Lipinski definition) is 2. The fourth-order valence-corrected chi connectivity index (χ4v) is 3.61. The lowest BCUT2D eigenvalue weighted by molar-refractivity contribution is -0.116. The Hall–Kier alpha value is -3.28. The van der Waals surface area contributed by atoms with Gasteiger partial charge in [0.2, 0.25) is 5.91 Å². The maximum absolute atomic E-state index is 12.8. The third-order valence-corrected chi connectivity index (χ3v) is 5.09. The van der Waals surface area contributed by atoms with Crippen LogP contribution in [0.2, 0.25) is 0 Å². The van der Waals surface area contributed by atoms with Crippen LogP contribution in [0.1, 0.15) is 54.4 Å². The van der Waals surface area contributed by atoms with Gasteiger partial charge in [-0.15, -0.1) is 0 Å². The van der Waals surface area contributed by atoms with E-state index < -0.39 is 0 Å². The largest absolute Gasteiger partial charge is 0.490 e. The molecule has 1 atom stereocenters. The average Bonchev–Trinajstić information content (AvgIpc) is 3.06. The third-order valence-electron chi connectivity index (χ3n) is 5.09. The molecule has 1 aliphatic rings. The zero-order chi connectivity index (χ0) is 20.4. The minimum absolute atomic E-state index is 0.0193. The van der Waals surface area contributed by atoms with Gasteiger partial charge in [-0.05, 0) is 62.6 Å². The van der Waals surface area contributed by atoms with Gasteiger partial charge in [-0.25, -0.2) is 0 Å². The zero-order valence-corrected chi connectivity index (χ0v) is 16.6. The van der Waals surface area contributed by atoms with Gasteiger partial charge in [0.15, 0.2) is 11.3 Å². The first-order chi connectivity index (χ1) is 14.0. The number of benzene rings is 2. The first-order valence-electron chi connectivity index (χ1n) is 9.94. The summed E-state index contributed by atoms with van der Waals surface area (Å²) in [5, 5.41) is 6.82. The van der Waals surface area contributed by atoms with Crippen LogP contribution in [-0.2, 0) is 11.2 Å². The number of hydrogen-bond acceptors (Lipinski definition) is 4. The summed E-state index contributed by atoms with van der Waals surface area (Å²) in [6, 6.07) is 12.8. The lowest BCUT2D eigenvalue weighted by Gasteiger charge is -2.13. The number of aryl methyl sites for hydroxylation is 1. The van der Waals surface area contributed by atoms with Crippen LogP contribution in [0.15, 0.2) is 46.9 Å². The number of para-hydroxylation sites is 1. The molecular formula is C23H24N2O4. The highest BCUT2D eigenvalue weighted by Crippen LogP contribution is 2.31. The van der Waals surface area contributed by atoms with E-state index in [2.05, 4.69) is 10.6 Å². The molecule has 0 bridgehead atoms. The minimum atomic E-state index is -0.303. The van der Waals surface area contributed by atoms with Gasteiger partial charge in [-0.2, -0.15) is 0 Å². The van der Waals surface area contributed by atoms with Crippen molar-refractivity contribution in [2.45, 2.75) is 39.2 Å². The van der Waals surface area contributed by atoms with Crippen molar-refractivity contribution in [2.75, 3.05) is 11.9 Å². The number of carbonyl (C=O) groups excluding carboxylic acids is 2. The van der Waals surface area contributed by atoms with Crippen LogP contribution in [0.4, 0.5) is 5.69 Å². The normalized spacial score (nSPS) is 14.6. The molecular weight excluding hydrogens is 368 g/mol. The smallest absolute Gasteiger partial charge is 0.251 e. The molecule has 3 aromatic rings. The number of amides is 2. The van der Waals surface area contributed by atoms with E-state index in [-0.39, 0.29) is 17.9 Å². The Bertz CT molecular complexity index is 1070. The van der Waals surface area contributed by atoms with Gasteiger partial charge in [-0.3, -0.25) is 9.59 Å². The van der Waals surface area contributed by atoms with E-state index in [1.807, 2.05) is 44.2 Å². The second kappa shape index (κ2) is 7.99. The van der Waals surface area contributed by atoms with Crippen molar-refractivity contribution in [1.82, 2.24) is 5.32 Å². The van der Waals surface area contributed by atoms with Gasteiger partial charge in [-0.1, -0.05) is 12.1 Å². The molecule has 6 nitrogen and oxygen atoms in total. The standard InChI is InChI=1S/C23H24N2O4/c1-3-28-19-8-4-7-16-13-20(29-22(16)19)14(2)24-23(27)17-10-11-18-15(12-17)6-5-9-21(26)25-18/h4,7-8,10-14H,3,5-6,9H2,1-2H3,(H,24,27)(H,25,26)/t14-/m0/s1. The molecule has 2 heterocycles. The molecule has 4 rings (SSSR count). The molecule has 29 heavy (non-hydrogen) atoms. The van der Waals surface area contributed by atoms with Gasteiger partial charge in [0.05, 0.1) is 12.6 Å². The zero-order valence-electron chi connectivity index (χ0n) is 16.6. The van der Waals surface area contributed by atoms with Gasteiger partial charge < -0.3 is 19.8 Å². The molecule has 6 heteroatoms. The van der Waals surface area contributed by atoms with E-state index in [0.29, 0.717) is 35.7 Å². The number of ether oxygens (including phenoxy) is 1. The fraction of sp³-hybridized carbons (Fsp3) is 0.304. The summed E-state index contributed by atoms with van der Waals surface area (Å²) in [4.78, 5) is 24.5. The molecule has 2 N–H and O–H groups in total. The maximum atomic E-state index is 12.8. The average molecular weight is 392 g/mol. The van der Waals surface area contributed by atoms with E-state index in [1.165, 1.54) is 0 Å². The van der Waals surface area contributed by atoms with Crippen molar-refractivity contribution in [1.29, 1.82) is 0 Å². The molecule has 0 fully saturated rings. The monoisotopic (exact) mass is 392 g/mol. The number of furan rings is 1. The molecule has 2 amide bonds. The Balaban J connectivity index is 1.53. The summed E-state index contributed by atoms with van der Waals surface area (Å²) in [6.07, 6.45) is 2.05. The summed E-state index contributed by atoms with van der Waals surface area (Å²) >= 11 is 0. The van der Waals surface area contributed by atoms with E-state index in [1.54, 1.807) is 12.1 Å². The number of fused-ring (bicyclic) bond motifs is 2. The van der Waals surface area contributed by atoms with Crippen molar-refractivity contribution in [3.05, 3.63) is 59.4 Å². The van der Waals surface area contributed by atoms with E-state index in [0.717, 1.165) is 29.5 Å². The summed E-state index contributed by atoms with van der Waals surface area (Å²) in [5.74, 6) is 1.21. The second-order valence-corrected chi connectivity index (χ2v) is 7.23. The van der Waals surface area contributed by atoms with E-state index >= 15 is 0 Å². The van der Waals surface area contributed by atoms with Crippen molar-refractivity contribution in [2.24, 2.45) is 0 Å². The fourth-order valence-electron chi connectivity index (χ4n) is 3.61. The van der Waals surface area contributed by atoms with Gasteiger partial charge in [0, 0.05) is 23.1 Å². The van der Waals surface area contributed by atoms with Crippen molar-refractivity contribution in [3.63, 3.8) is 0 Å². The minimum Gasteiger partial charge on any atom is -0.490 e. The number of carbonyl (C=O) groups is 2. The van der Waals surface area contributed by atoms with Gasteiger partial charge in [0.1, 0.15) is 5.76 Å². The number of anilines is 1. The Labute approximate surface area is 169 Å². The Morgan fingerprint density at radius 3 is 2.93 bits per heavy atom. The molecule has 150 valence electrons. The van der Waals surface area contributed by atoms with Crippen LogP contribution in [0.5, 0.6) is 5.75 Å². The molecule has 2 aromatic carbocycles. The summed E-state index contributed by atoms with van der Waals surface area (Å²) in [7, 11) is 0. The summed E-state index contributed by atoms with van der Waals surface area (Å²) in [5.41, 5.74) is 3.03. The highest BCUT2D eigenvalue weighted by molar-refractivity contribution is 5.97. The first-order valence-corrected chi connectivity index (χ1v) is 9.94. The Morgan fingerprint density at radius 2 is 2.10 bits per heavy atom. The first kappa shape index (κ1) is 19.1. The lowest BCUT2D eigenvalue weighted by Crippen LogP contribution is -2.26. The molecule has 0 spiro atoms. The highest BCUT2D eigenvalue weighted by atomic mass is 16.5. The maximum Gasteiger partial charge on any atom is 0.251 e. The van der Waals surface area contributed by atoms with Crippen LogP contribution >= 0.6 is 0 Å². The van der Waals surface area contributed by atoms with Crippen molar-refractivity contribution in [3.8, 4) is 5.75 Å². The predicted molar refractivity (Wildman–Crippen MR) is 111 cm³/mol. The number of rotatable bonds is 5. The van der Waals surface area contributed by atoms with E-state index in [4.69, 9.17) is 9.15 Å². The molecule has 0 unspecified atom stereocenters. The molecule has 0 radical (unpaired) electrons. The van der Waals surface area contributed by atoms with Crippen molar-refractivity contribution < 1.29 is 18.7 Å². The van der Waals surface area contributed by atoms with Crippen molar-refractivity contribution >= 4 is 28.5 Å². The van der Waals surface area contributed by atoms with Crippen LogP contribution in [-0.4, -0.2) is 18.4 Å². The topological polar surface area (TPSA) is 80.6 Å². The number of nitrogens with one attached hydrogen (secondary N) is 2. The molecule has 0 aliphatic carbocycles. The lowest BCUT2D eigenvalue weighted by atomic mass is 10.0. The van der Waals surface area contributed by atoms with Gasteiger partial charge in [0.25, 0.3) is 5.91 Å².